The standard InChI is InChI=1S/C11H11BrFNO2/c12-7-1-6(2-8(13)3-7)11(10(15)16)4-9(14)5-11/h1-3,9H,4-5,14H2,(H,15,16). The molecule has 2 rings (SSSR count). The molecule has 1 saturated carbocycles. The lowest BCUT2D eigenvalue weighted by atomic mass is 9.62. The highest BCUT2D eigenvalue weighted by Gasteiger charge is 2.50. The molecule has 16 heavy (non-hydrogen) atoms. The van der Waals surface area contributed by atoms with Crippen LogP contribution in [0.1, 0.15) is 18.4 Å². The Morgan fingerprint density at radius 1 is 1.50 bits per heavy atom. The average Bonchev–Trinajstić information content (AvgIpc) is 2.10. The number of aliphatic carboxylic acids is 1. The molecule has 0 atom stereocenters. The molecule has 5 heteroatoms. The molecular weight excluding hydrogens is 277 g/mol. The third kappa shape index (κ3) is 1.74. The molecule has 0 aromatic heterocycles. The molecule has 1 aliphatic carbocycles. The van der Waals surface area contributed by atoms with Gasteiger partial charge < -0.3 is 10.8 Å². The number of halogens is 2. The maximum absolute atomic E-state index is 13.2. The minimum atomic E-state index is -1.01. The minimum absolute atomic E-state index is 0.113. The molecule has 3 N–H and O–H groups in total. The second kappa shape index (κ2) is 3.82. The van der Waals surface area contributed by atoms with Crippen LogP contribution in [0.15, 0.2) is 22.7 Å². The van der Waals surface area contributed by atoms with Gasteiger partial charge in [-0.1, -0.05) is 15.9 Å². The van der Waals surface area contributed by atoms with Gasteiger partial charge in [-0.25, -0.2) is 4.39 Å². The molecular formula is C11H11BrFNO2. The van der Waals surface area contributed by atoms with Gasteiger partial charge in [0.15, 0.2) is 0 Å². The summed E-state index contributed by atoms with van der Waals surface area (Å²) in [5.74, 6) is -1.38. The summed E-state index contributed by atoms with van der Waals surface area (Å²) in [6.07, 6.45) is 0.719. The number of carboxylic acid groups (broad SMARTS) is 1. The minimum Gasteiger partial charge on any atom is -0.481 e. The third-order valence-electron chi connectivity index (χ3n) is 3.05. The van der Waals surface area contributed by atoms with E-state index in [-0.39, 0.29) is 6.04 Å². The van der Waals surface area contributed by atoms with Crippen molar-refractivity contribution in [1.82, 2.24) is 0 Å². The topological polar surface area (TPSA) is 63.3 Å². The molecule has 0 heterocycles. The number of carbonyl (C=O) groups is 1. The van der Waals surface area contributed by atoms with Crippen molar-refractivity contribution < 1.29 is 14.3 Å². The molecule has 0 saturated heterocycles. The predicted molar refractivity (Wildman–Crippen MR) is 60.6 cm³/mol. The predicted octanol–water partition coefficient (Wildman–Crippen LogP) is 2.03. The van der Waals surface area contributed by atoms with E-state index < -0.39 is 17.2 Å². The van der Waals surface area contributed by atoms with Crippen molar-refractivity contribution in [3.8, 4) is 0 Å². The van der Waals surface area contributed by atoms with E-state index in [1.165, 1.54) is 12.1 Å². The van der Waals surface area contributed by atoms with Gasteiger partial charge in [-0.2, -0.15) is 0 Å². The summed E-state index contributed by atoms with van der Waals surface area (Å²) in [5, 5.41) is 9.24. The highest BCUT2D eigenvalue weighted by Crippen LogP contribution is 2.44. The monoisotopic (exact) mass is 287 g/mol. The fourth-order valence-electron chi connectivity index (χ4n) is 2.20. The van der Waals surface area contributed by atoms with E-state index in [4.69, 9.17) is 5.73 Å². The van der Waals surface area contributed by atoms with Crippen LogP contribution in [0.4, 0.5) is 4.39 Å². The fourth-order valence-corrected chi connectivity index (χ4v) is 2.66. The SMILES string of the molecule is NC1CC(C(=O)O)(c2cc(F)cc(Br)c2)C1. The molecule has 1 aromatic carbocycles. The third-order valence-corrected chi connectivity index (χ3v) is 3.50. The normalized spacial score (nSPS) is 28.6. The van der Waals surface area contributed by atoms with Crippen molar-refractivity contribution in [3.05, 3.63) is 34.1 Å². The van der Waals surface area contributed by atoms with Crippen molar-refractivity contribution >= 4 is 21.9 Å². The summed E-state index contributed by atoms with van der Waals surface area (Å²) in [4.78, 5) is 11.3. The van der Waals surface area contributed by atoms with Crippen molar-refractivity contribution in [2.75, 3.05) is 0 Å². The van der Waals surface area contributed by atoms with E-state index in [0.717, 1.165) is 0 Å². The zero-order chi connectivity index (χ0) is 11.9. The van der Waals surface area contributed by atoms with Crippen molar-refractivity contribution in [3.63, 3.8) is 0 Å². The van der Waals surface area contributed by atoms with Gasteiger partial charge in [-0.05, 0) is 36.6 Å². The fraction of sp³-hybridized carbons (Fsp3) is 0.364. The smallest absolute Gasteiger partial charge is 0.314 e. The summed E-state index contributed by atoms with van der Waals surface area (Å²) in [7, 11) is 0. The maximum Gasteiger partial charge on any atom is 0.314 e. The molecule has 0 bridgehead atoms. The van der Waals surface area contributed by atoms with Gasteiger partial charge in [0.1, 0.15) is 5.82 Å². The van der Waals surface area contributed by atoms with Gasteiger partial charge in [-0.15, -0.1) is 0 Å². The molecule has 0 radical (unpaired) electrons. The van der Waals surface area contributed by atoms with E-state index in [0.29, 0.717) is 22.9 Å². The van der Waals surface area contributed by atoms with E-state index in [1.807, 2.05) is 0 Å². The van der Waals surface area contributed by atoms with Crippen molar-refractivity contribution in [2.24, 2.45) is 5.73 Å². The van der Waals surface area contributed by atoms with Gasteiger partial charge in [0.05, 0.1) is 5.41 Å². The lowest BCUT2D eigenvalue weighted by Crippen LogP contribution is -2.54. The molecule has 0 amide bonds. The molecule has 0 unspecified atom stereocenters. The first-order valence-electron chi connectivity index (χ1n) is 4.89. The Bertz CT molecular complexity index is 423. The zero-order valence-electron chi connectivity index (χ0n) is 8.41. The van der Waals surface area contributed by atoms with Crippen LogP contribution in [0.2, 0.25) is 0 Å². The lowest BCUT2D eigenvalue weighted by Gasteiger charge is -2.43. The van der Waals surface area contributed by atoms with Gasteiger partial charge in [-0.3, -0.25) is 4.79 Å². The number of rotatable bonds is 2. The van der Waals surface area contributed by atoms with Crippen LogP contribution < -0.4 is 5.73 Å². The summed E-state index contributed by atoms with van der Waals surface area (Å²) in [6.45, 7) is 0. The zero-order valence-corrected chi connectivity index (χ0v) is 10.00. The van der Waals surface area contributed by atoms with Crippen LogP contribution >= 0.6 is 15.9 Å². The van der Waals surface area contributed by atoms with Crippen molar-refractivity contribution in [2.45, 2.75) is 24.3 Å². The largest absolute Gasteiger partial charge is 0.481 e. The molecule has 86 valence electrons. The number of carboxylic acids is 1. The highest BCUT2D eigenvalue weighted by molar-refractivity contribution is 9.10. The van der Waals surface area contributed by atoms with Crippen LogP contribution in [-0.4, -0.2) is 17.1 Å². The summed E-state index contributed by atoms with van der Waals surface area (Å²) in [5.41, 5.74) is 5.11. The first kappa shape index (κ1) is 11.5. The summed E-state index contributed by atoms with van der Waals surface area (Å²) < 4.78 is 13.8. The van der Waals surface area contributed by atoms with E-state index in [9.17, 15) is 14.3 Å². The van der Waals surface area contributed by atoms with Gasteiger partial charge >= 0.3 is 5.97 Å². The lowest BCUT2D eigenvalue weighted by molar-refractivity contribution is -0.148. The van der Waals surface area contributed by atoms with Crippen LogP contribution in [0.3, 0.4) is 0 Å². The summed E-state index contributed by atoms with van der Waals surface area (Å²) in [6, 6.07) is 4.10. The maximum atomic E-state index is 13.2. The van der Waals surface area contributed by atoms with Crippen LogP contribution in [0, 0.1) is 5.82 Å². The highest BCUT2D eigenvalue weighted by atomic mass is 79.9. The number of benzene rings is 1. The first-order valence-corrected chi connectivity index (χ1v) is 5.69. The molecule has 0 spiro atoms. The second-order valence-corrected chi connectivity index (χ2v) is 5.13. The Hall–Kier alpha value is -0.940. The Balaban J connectivity index is 2.45. The molecule has 3 nitrogen and oxygen atoms in total. The Kier molecular flexibility index (Phi) is 2.75. The van der Waals surface area contributed by atoms with Crippen LogP contribution in [0.25, 0.3) is 0 Å². The average molecular weight is 288 g/mol. The molecule has 1 aromatic rings. The Labute approximate surface area is 101 Å². The molecule has 1 aliphatic rings. The second-order valence-electron chi connectivity index (χ2n) is 4.21. The van der Waals surface area contributed by atoms with Crippen molar-refractivity contribution in [1.29, 1.82) is 0 Å². The van der Waals surface area contributed by atoms with Gasteiger partial charge in [0, 0.05) is 10.5 Å². The number of hydrogen-bond acceptors (Lipinski definition) is 2. The Morgan fingerprint density at radius 3 is 2.56 bits per heavy atom. The Morgan fingerprint density at radius 2 is 2.12 bits per heavy atom. The molecule has 1 fully saturated rings. The quantitative estimate of drug-likeness (QED) is 0.875. The van der Waals surface area contributed by atoms with Gasteiger partial charge in [0.25, 0.3) is 0 Å². The molecule has 0 aliphatic heterocycles. The van der Waals surface area contributed by atoms with Crippen LogP contribution in [0.5, 0.6) is 0 Å². The van der Waals surface area contributed by atoms with E-state index in [1.54, 1.807) is 6.07 Å². The summed E-state index contributed by atoms with van der Waals surface area (Å²) >= 11 is 3.16. The van der Waals surface area contributed by atoms with E-state index >= 15 is 0 Å². The number of nitrogens with two attached hydrogens (primary N) is 1. The van der Waals surface area contributed by atoms with Crippen LogP contribution in [-0.2, 0) is 10.2 Å². The number of hydrogen-bond donors (Lipinski definition) is 2. The van der Waals surface area contributed by atoms with E-state index in [2.05, 4.69) is 15.9 Å². The van der Waals surface area contributed by atoms with Gasteiger partial charge in [0.2, 0.25) is 0 Å². The first-order chi connectivity index (χ1) is 7.44.